The number of carbonyl (C=O) groups excluding carboxylic acids is 1. The van der Waals surface area contributed by atoms with Crippen LogP contribution in [0.25, 0.3) is 0 Å². The molecule has 2 atom stereocenters. The molecule has 190 valence electrons. The van der Waals surface area contributed by atoms with Crippen molar-refractivity contribution in [3.05, 3.63) is 87.7 Å². The minimum Gasteiger partial charge on any atom is -0.493 e. The van der Waals surface area contributed by atoms with Crippen molar-refractivity contribution in [3.8, 4) is 11.5 Å². The Balaban J connectivity index is 1.74. The fraction of sp³-hybridized carbons (Fsp3) is 0.333. The molecule has 0 saturated carbocycles. The smallest absolute Gasteiger partial charge is 0.293 e. The number of benzene rings is 2. The topological polar surface area (TPSA) is 116 Å². The Kier molecular flexibility index (Phi) is 8.83. The molecule has 36 heavy (non-hydrogen) atoms. The first-order chi connectivity index (χ1) is 17.2. The highest BCUT2D eigenvalue weighted by Crippen LogP contribution is 2.32. The van der Waals surface area contributed by atoms with Gasteiger partial charge in [0.05, 0.1) is 36.4 Å². The number of rotatable bonds is 11. The van der Waals surface area contributed by atoms with Crippen LogP contribution in [0.5, 0.6) is 11.5 Å². The summed E-state index contributed by atoms with van der Waals surface area (Å²) in [5.41, 5.74) is 1.87. The standard InChI is InChI=1S/C27H32N4O5/c1-17(2)16-36-25-12-10-20(15-26(25)35-5)18(3)30-27(32)21-9-11-23(24(14-21)31(33)34)29-19(4)22-8-6-7-13-28-22/h6-15,17-19,29H,16H2,1-5H3,(H,30,32). The maximum atomic E-state index is 12.9. The minimum atomic E-state index is -0.506. The lowest BCUT2D eigenvalue weighted by atomic mass is 10.1. The normalized spacial score (nSPS) is 12.5. The van der Waals surface area contributed by atoms with Gasteiger partial charge in [0.25, 0.3) is 11.6 Å². The third kappa shape index (κ3) is 6.71. The Labute approximate surface area is 211 Å². The average Bonchev–Trinajstić information content (AvgIpc) is 2.87. The number of nitro groups is 1. The number of hydrogen-bond donors (Lipinski definition) is 2. The predicted molar refractivity (Wildman–Crippen MR) is 139 cm³/mol. The van der Waals surface area contributed by atoms with Crippen LogP contribution in [0.4, 0.5) is 11.4 Å². The molecule has 0 aliphatic heterocycles. The fourth-order valence-corrected chi connectivity index (χ4v) is 3.58. The van der Waals surface area contributed by atoms with Gasteiger partial charge in [-0.25, -0.2) is 0 Å². The van der Waals surface area contributed by atoms with Crippen LogP contribution in [-0.2, 0) is 0 Å². The van der Waals surface area contributed by atoms with Crippen molar-refractivity contribution in [2.75, 3.05) is 19.0 Å². The van der Waals surface area contributed by atoms with Gasteiger partial charge in [-0.05, 0) is 61.7 Å². The molecular formula is C27H32N4O5. The zero-order valence-corrected chi connectivity index (χ0v) is 21.1. The highest BCUT2D eigenvalue weighted by Gasteiger charge is 2.21. The summed E-state index contributed by atoms with van der Waals surface area (Å²) in [6.07, 6.45) is 1.67. The molecule has 2 aromatic carbocycles. The third-order valence-electron chi connectivity index (χ3n) is 5.57. The first kappa shape index (κ1) is 26.5. The summed E-state index contributed by atoms with van der Waals surface area (Å²) in [5, 5.41) is 17.8. The van der Waals surface area contributed by atoms with Crippen molar-refractivity contribution in [2.45, 2.75) is 39.8 Å². The molecule has 0 aliphatic carbocycles. The van der Waals surface area contributed by atoms with Crippen LogP contribution in [0.1, 0.15) is 61.4 Å². The summed E-state index contributed by atoms with van der Waals surface area (Å²) >= 11 is 0. The van der Waals surface area contributed by atoms with Gasteiger partial charge in [0, 0.05) is 17.8 Å². The number of carbonyl (C=O) groups is 1. The number of nitrogens with one attached hydrogen (secondary N) is 2. The molecule has 3 rings (SSSR count). The lowest BCUT2D eigenvalue weighted by Crippen LogP contribution is -2.26. The molecule has 1 heterocycles. The van der Waals surface area contributed by atoms with Crippen LogP contribution in [0.2, 0.25) is 0 Å². The Morgan fingerprint density at radius 2 is 1.81 bits per heavy atom. The van der Waals surface area contributed by atoms with Crippen molar-refractivity contribution in [1.82, 2.24) is 10.3 Å². The number of methoxy groups -OCH3 is 1. The maximum absolute atomic E-state index is 12.9. The summed E-state index contributed by atoms with van der Waals surface area (Å²) in [7, 11) is 1.56. The molecule has 0 bridgehead atoms. The second-order valence-electron chi connectivity index (χ2n) is 8.92. The van der Waals surface area contributed by atoms with E-state index < -0.39 is 10.8 Å². The number of nitro benzene ring substituents is 1. The number of nitrogens with zero attached hydrogens (tertiary/aromatic N) is 2. The molecular weight excluding hydrogens is 460 g/mol. The van der Waals surface area contributed by atoms with Gasteiger partial charge in [0.15, 0.2) is 11.5 Å². The summed E-state index contributed by atoms with van der Waals surface area (Å²) in [6, 6.07) is 14.7. The molecule has 9 nitrogen and oxygen atoms in total. The Bertz CT molecular complexity index is 1200. The Hall–Kier alpha value is -4.14. The second kappa shape index (κ2) is 12.0. The summed E-state index contributed by atoms with van der Waals surface area (Å²) in [6.45, 7) is 8.38. The third-order valence-corrected chi connectivity index (χ3v) is 5.57. The molecule has 9 heteroatoms. The average molecular weight is 493 g/mol. The van der Waals surface area contributed by atoms with Gasteiger partial charge in [0.1, 0.15) is 5.69 Å². The number of anilines is 1. The van der Waals surface area contributed by atoms with Crippen molar-refractivity contribution >= 4 is 17.3 Å². The first-order valence-corrected chi connectivity index (χ1v) is 11.8. The van der Waals surface area contributed by atoms with Gasteiger partial charge < -0.3 is 20.1 Å². The molecule has 0 fully saturated rings. The van der Waals surface area contributed by atoms with Crippen molar-refractivity contribution in [3.63, 3.8) is 0 Å². The molecule has 1 aromatic heterocycles. The molecule has 2 unspecified atom stereocenters. The van der Waals surface area contributed by atoms with E-state index in [0.29, 0.717) is 29.7 Å². The molecule has 3 aromatic rings. The Morgan fingerprint density at radius 3 is 2.44 bits per heavy atom. The second-order valence-corrected chi connectivity index (χ2v) is 8.92. The number of ether oxygens (including phenoxy) is 2. The van der Waals surface area contributed by atoms with E-state index in [1.165, 1.54) is 6.07 Å². The molecule has 2 N–H and O–H groups in total. The zero-order chi connectivity index (χ0) is 26.2. The molecule has 0 spiro atoms. The zero-order valence-electron chi connectivity index (χ0n) is 21.1. The van der Waals surface area contributed by atoms with Gasteiger partial charge in [0.2, 0.25) is 0 Å². The van der Waals surface area contributed by atoms with Crippen molar-refractivity contribution in [2.24, 2.45) is 5.92 Å². The van der Waals surface area contributed by atoms with E-state index in [0.717, 1.165) is 11.3 Å². The van der Waals surface area contributed by atoms with E-state index in [1.54, 1.807) is 31.5 Å². The molecule has 0 saturated heterocycles. The van der Waals surface area contributed by atoms with Crippen LogP contribution in [0, 0.1) is 16.0 Å². The van der Waals surface area contributed by atoms with E-state index in [9.17, 15) is 14.9 Å². The number of pyridine rings is 1. The molecule has 0 radical (unpaired) electrons. The summed E-state index contributed by atoms with van der Waals surface area (Å²) < 4.78 is 11.2. The minimum absolute atomic E-state index is 0.188. The number of aromatic nitrogens is 1. The summed E-state index contributed by atoms with van der Waals surface area (Å²) in [4.78, 5) is 28.5. The lowest BCUT2D eigenvalue weighted by molar-refractivity contribution is -0.384. The van der Waals surface area contributed by atoms with Gasteiger partial charge >= 0.3 is 0 Å². The highest BCUT2D eigenvalue weighted by molar-refractivity contribution is 5.96. The van der Waals surface area contributed by atoms with Gasteiger partial charge in [-0.2, -0.15) is 0 Å². The predicted octanol–water partition coefficient (Wildman–Crippen LogP) is 5.70. The van der Waals surface area contributed by atoms with Gasteiger partial charge in [-0.15, -0.1) is 0 Å². The number of hydrogen-bond acceptors (Lipinski definition) is 7. The van der Waals surface area contributed by atoms with Crippen LogP contribution >= 0.6 is 0 Å². The first-order valence-electron chi connectivity index (χ1n) is 11.8. The van der Waals surface area contributed by atoms with Gasteiger partial charge in [-0.1, -0.05) is 26.0 Å². The van der Waals surface area contributed by atoms with E-state index in [1.807, 2.05) is 44.2 Å². The molecule has 0 aliphatic rings. The fourth-order valence-electron chi connectivity index (χ4n) is 3.58. The Morgan fingerprint density at radius 1 is 1.03 bits per heavy atom. The van der Waals surface area contributed by atoms with Crippen LogP contribution < -0.4 is 20.1 Å². The van der Waals surface area contributed by atoms with E-state index >= 15 is 0 Å². The monoisotopic (exact) mass is 492 g/mol. The quantitative estimate of drug-likeness (QED) is 0.261. The summed E-state index contributed by atoms with van der Waals surface area (Å²) in [5.74, 6) is 1.15. The van der Waals surface area contributed by atoms with Crippen molar-refractivity contribution < 1.29 is 19.2 Å². The van der Waals surface area contributed by atoms with E-state index in [4.69, 9.17) is 9.47 Å². The largest absolute Gasteiger partial charge is 0.493 e. The SMILES string of the molecule is COc1cc(C(C)NC(=O)c2ccc(NC(C)c3ccccn3)c([N+](=O)[O-])c2)ccc1OCC(C)C. The van der Waals surface area contributed by atoms with Crippen LogP contribution in [0.15, 0.2) is 60.8 Å². The highest BCUT2D eigenvalue weighted by atomic mass is 16.6. The van der Waals surface area contributed by atoms with E-state index in [-0.39, 0.29) is 23.3 Å². The van der Waals surface area contributed by atoms with Crippen LogP contribution in [-0.4, -0.2) is 29.5 Å². The maximum Gasteiger partial charge on any atom is 0.293 e. The van der Waals surface area contributed by atoms with Crippen LogP contribution in [0.3, 0.4) is 0 Å². The lowest BCUT2D eigenvalue weighted by Gasteiger charge is -2.18. The number of amides is 1. The molecule has 1 amide bonds. The van der Waals surface area contributed by atoms with E-state index in [2.05, 4.69) is 29.5 Å². The van der Waals surface area contributed by atoms with Crippen molar-refractivity contribution in [1.29, 1.82) is 0 Å². The van der Waals surface area contributed by atoms with Gasteiger partial charge in [-0.3, -0.25) is 19.9 Å².